The molecule has 2 fully saturated rings. The molecule has 2 aromatic rings. The van der Waals surface area contributed by atoms with Crippen LogP contribution in [0.15, 0.2) is 48.5 Å². The first-order chi connectivity index (χ1) is 15.4. The molecular formula is C23H26N4O4S. The third-order valence-corrected chi connectivity index (χ3v) is 7.75. The number of carbonyl (C=O) groups excluding carboxylic acids is 2. The normalized spacial score (nSPS) is 17.4. The maximum absolute atomic E-state index is 13.2. The Hall–Kier alpha value is -3.07. The number of nitrogens with zero attached hydrogens (tertiary/aromatic N) is 3. The van der Waals surface area contributed by atoms with E-state index in [0.29, 0.717) is 38.0 Å². The molecular weight excluding hydrogens is 428 g/mol. The fourth-order valence-corrected chi connectivity index (χ4v) is 5.88. The highest BCUT2D eigenvalue weighted by Crippen LogP contribution is 2.44. The predicted molar refractivity (Wildman–Crippen MR) is 125 cm³/mol. The van der Waals surface area contributed by atoms with Gasteiger partial charge < -0.3 is 15.1 Å². The van der Waals surface area contributed by atoms with Gasteiger partial charge in [0.1, 0.15) is 0 Å². The summed E-state index contributed by atoms with van der Waals surface area (Å²) in [4.78, 5) is 39.9. The Morgan fingerprint density at radius 2 is 1.88 bits per heavy atom. The van der Waals surface area contributed by atoms with Crippen molar-refractivity contribution in [3.63, 3.8) is 0 Å². The first kappa shape index (κ1) is 22.1. The lowest BCUT2D eigenvalue weighted by Gasteiger charge is -2.44. The molecule has 0 atom stereocenters. The zero-order chi connectivity index (χ0) is 22.7. The number of hydrogen-bond donors (Lipinski definition) is 1. The van der Waals surface area contributed by atoms with E-state index in [9.17, 15) is 19.7 Å². The lowest BCUT2D eigenvalue weighted by atomic mass is 10.0. The van der Waals surface area contributed by atoms with Crippen molar-refractivity contribution in [3.8, 4) is 0 Å². The molecule has 8 nitrogen and oxygen atoms in total. The molecule has 2 aliphatic heterocycles. The van der Waals surface area contributed by atoms with Gasteiger partial charge in [0, 0.05) is 48.8 Å². The molecule has 2 heterocycles. The van der Waals surface area contributed by atoms with E-state index < -0.39 is 4.92 Å². The molecule has 4 rings (SSSR count). The van der Waals surface area contributed by atoms with E-state index in [-0.39, 0.29) is 22.5 Å². The number of nitrogens with one attached hydrogen (secondary N) is 1. The smallest absolute Gasteiger partial charge is 0.321 e. The zero-order valence-corrected chi connectivity index (χ0v) is 18.8. The van der Waals surface area contributed by atoms with Crippen LogP contribution in [-0.4, -0.2) is 56.9 Å². The van der Waals surface area contributed by atoms with Crippen molar-refractivity contribution in [1.82, 2.24) is 9.80 Å². The Kier molecular flexibility index (Phi) is 6.36. The van der Waals surface area contributed by atoms with Crippen LogP contribution in [-0.2, 0) is 6.42 Å². The average molecular weight is 455 g/mol. The van der Waals surface area contributed by atoms with Crippen molar-refractivity contribution >= 4 is 35.1 Å². The Bertz CT molecular complexity index is 1040. The van der Waals surface area contributed by atoms with Gasteiger partial charge in [0.15, 0.2) is 0 Å². The quantitative estimate of drug-likeness (QED) is 0.547. The van der Waals surface area contributed by atoms with Gasteiger partial charge >= 0.3 is 6.03 Å². The molecule has 0 unspecified atom stereocenters. The minimum atomic E-state index is -0.487. The number of amides is 3. The number of likely N-dealkylation sites (tertiary alicyclic amines) is 1. The van der Waals surface area contributed by atoms with Gasteiger partial charge in [-0.3, -0.25) is 14.9 Å². The van der Waals surface area contributed by atoms with E-state index in [1.54, 1.807) is 28.8 Å². The first-order valence-corrected chi connectivity index (χ1v) is 11.8. The minimum Gasteiger partial charge on any atom is -0.324 e. The summed E-state index contributed by atoms with van der Waals surface area (Å²) >= 11 is 1.74. The Balaban J connectivity index is 1.43. The van der Waals surface area contributed by atoms with Gasteiger partial charge in [0.2, 0.25) is 0 Å². The number of carbonyl (C=O) groups is 2. The van der Waals surface area contributed by atoms with E-state index in [1.807, 2.05) is 29.2 Å². The summed E-state index contributed by atoms with van der Waals surface area (Å²) in [6.07, 6.45) is 2.17. The number of anilines is 1. The number of nitro benzene ring substituents is 1. The molecule has 0 radical (unpaired) electrons. The van der Waals surface area contributed by atoms with E-state index in [2.05, 4.69) is 12.2 Å². The number of hydrogen-bond acceptors (Lipinski definition) is 5. The number of piperidine rings is 1. The Morgan fingerprint density at radius 1 is 1.12 bits per heavy atom. The Morgan fingerprint density at radius 3 is 2.59 bits per heavy atom. The molecule has 2 saturated heterocycles. The molecule has 0 bridgehead atoms. The third-order valence-electron chi connectivity index (χ3n) is 6.20. The molecule has 0 aromatic heterocycles. The van der Waals surface area contributed by atoms with Gasteiger partial charge in [-0.1, -0.05) is 31.2 Å². The molecule has 0 saturated carbocycles. The van der Waals surface area contributed by atoms with E-state index in [0.717, 1.165) is 23.4 Å². The summed E-state index contributed by atoms with van der Waals surface area (Å²) in [7, 11) is 0. The number of aryl methyl sites for hydroxylation is 1. The highest BCUT2D eigenvalue weighted by Gasteiger charge is 2.47. The van der Waals surface area contributed by atoms with Crippen molar-refractivity contribution in [2.45, 2.75) is 31.1 Å². The van der Waals surface area contributed by atoms with Crippen molar-refractivity contribution in [3.05, 3.63) is 69.8 Å². The first-order valence-electron chi connectivity index (χ1n) is 10.8. The second-order valence-electron chi connectivity index (χ2n) is 7.99. The van der Waals surface area contributed by atoms with Gasteiger partial charge in [-0.15, -0.1) is 11.8 Å². The molecule has 3 amide bonds. The maximum Gasteiger partial charge on any atom is 0.321 e. The lowest BCUT2D eigenvalue weighted by Crippen LogP contribution is -2.54. The zero-order valence-electron chi connectivity index (χ0n) is 18.0. The van der Waals surface area contributed by atoms with Crippen LogP contribution in [0, 0.1) is 10.1 Å². The van der Waals surface area contributed by atoms with Crippen LogP contribution in [0.5, 0.6) is 0 Å². The fourth-order valence-electron chi connectivity index (χ4n) is 4.42. The molecule has 2 aliphatic rings. The van der Waals surface area contributed by atoms with Gasteiger partial charge in [-0.2, -0.15) is 0 Å². The summed E-state index contributed by atoms with van der Waals surface area (Å²) in [6, 6.07) is 13.6. The number of non-ortho nitro benzene ring substituents is 1. The number of rotatable bonds is 4. The topological polar surface area (TPSA) is 95.8 Å². The van der Waals surface area contributed by atoms with Crippen molar-refractivity contribution < 1.29 is 14.5 Å². The summed E-state index contributed by atoms with van der Waals surface area (Å²) in [5, 5.41) is 14.1. The monoisotopic (exact) mass is 454 g/mol. The third kappa shape index (κ3) is 4.29. The van der Waals surface area contributed by atoms with Crippen LogP contribution in [0.1, 0.15) is 35.7 Å². The molecule has 0 aliphatic carbocycles. The SMILES string of the molecule is CCc1ccccc1NC(=O)N1CCC2(CC1)SCCN2C(=O)c1cccc([N+](=O)[O-])c1. The van der Waals surface area contributed by atoms with Crippen LogP contribution < -0.4 is 5.32 Å². The van der Waals surface area contributed by atoms with Crippen molar-refractivity contribution in [1.29, 1.82) is 0 Å². The molecule has 168 valence electrons. The summed E-state index contributed by atoms with van der Waals surface area (Å²) < 4.78 is 0. The van der Waals surface area contributed by atoms with Gasteiger partial charge in [0.25, 0.3) is 11.6 Å². The highest BCUT2D eigenvalue weighted by molar-refractivity contribution is 8.00. The predicted octanol–water partition coefficient (Wildman–Crippen LogP) is 4.37. The molecule has 1 N–H and O–H groups in total. The number of urea groups is 1. The summed E-state index contributed by atoms with van der Waals surface area (Å²) in [5.41, 5.74) is 2.17. The lowest BCUT2D eigenvalue weighted by molar-refractivity contribution is -0.384. The second kappa shape index (κ2) is 9.20. The average Bonchev–Trinajstić information content (AvgIpc) is 3.22. The van der Waals surface area contributed by atoms with E-state index >= 15 is 0 Å². The van der Waals surface area contributed by atoms with Crippen molar-refractivity contribution in [2.75, 3.05) is 30.7 Å². The van der Waals surface area contributed by atoms with Crippen molar-refractivity contribution in [2.24, 2.45) is 0 Å². The summed E-state index contributed by atoms with van der Waals surface area (Å²) in [5.74, 6) is 0.630. The summed E-state index contributed by atoms with van der Waals surface area (Å²) in [6.45, 7) is 3.75. The van der Waals surface area contributed by atoms with Gasteiger partial charge in [0.05, 0.1) is 9.79 Å². The number of benzene rings is 2. The van der Waals surface area contributed by atoms with Crippen LogP contribution in [0.2, 0.25) is 0 Å². The number of para-hydroxylation sites is 1. The molecule has 2 aromatic carbocycles. The molecule has 1 spiro atoms. The number of thioether (sulfide) groups is 1. The maximum atomic E-state index is 13.2. The second-order valence-corrected chi connectivity index (χ2v) is 9.44. The van der Waals surface area contributed by atoms with Crippen LogP contribution in [0.25, 0.3) is 0 Å². The van der Waals surface area contributed by atoms with Crippen LogP contribution in [0.3, 0.4) is 0 Å². The number of nitro groups is 1. The standard InChI is InChI=1S/C23H26N4O4S/c1-2-17-6-3-4-9-20(17)24-22(29)25-12-10-23(11-13-25)26(14-15-32-23)21(28)18-7-5-8-19(16-18)27(30)31/h3-9,16H,2,10-15H2,1H3,(H,24,29). The largest absolute Gasteiger partial charge is 0.324 e. The van der Waals surface area contributed by atoms with Crippen LogP contribution >= 0.6 is 11.8 Å². The van der Waals surface area contributed by atoms with Gasteiger partial charge in [-0.05, 0) is 37.0 Å². The van der Waals surface area contributed by atoms with E-state index in [4.69, 9.17) is 0 Å². The highest BCUT2D eigenvalue weighted by atomic mass is 32.2. The van der Waals surface area contributed by atoms with E-state index in [1.165, 1.54) is 12.1 Å². The van der Waals surface area contributed by atoms with Crippen LogP contribution in [0.4, 0.5) is 16.2 Å². The molecule has 9 heteroatoms. The minimum absolute atomic E-state index is 0.0874. The Labute approximate surface area is 191 Å². The molecule has 32 heavy (non-hydrogen) atoms. The van der Waals surface area contributed by atoms with Gasteiger partial charge in [-0.25, -0.2) is 4.79 Å². The fraction of sp³-hybridized carbons (Fsp3) is 0.391.